The second kappa shape index (κ2) is 8.61. The Kier molecular flexibility index (Phi) is 5.73. The van der Waals surface area contributed by atoms with E-state index in [9.17, 15) is 18.0 Å². The zero-order chi connectivity index (χ0) is 21.8. The molecule has 158 valence electrons. The van der Waals surface area contributed by atoms with Crippen molar-refractivity contribution in [3.8, 4) is 5.75 Å². The molecular formula is C23H20N2O5S. The monoisotopic (exact) mass is 436 g/mol. The van der Waals surface area contributed by atoms with Crippen LogP contribution in [-0.2, 0) is 21.4 Å². The molecule has 4 rings (SSSR count). The fraction of sp³-hybridized carbons (Fsp3) is 0.130. The number of carbonyl (C=O) groups excluding carboxylic acids is 2. The molecular weight excluding hydrogens is 416 g/mol. The van der Waals surface area contributed by atoms with Crippen molar-refractivity contribution in [2.75, 3.05) is 15.4 Å². The topological polar surface area (TPSA) is 92.8 Å². The van der Waals surface area contributed by atoms with Crippen molar-refractivity contribution in [1.29, 1.82) is 0 Å². The molecule has 0 unspecified atom stereocenters. The first-order chi connectivity index (χ1) is 14.9. The van der Waals surface area contributed by atoms with Gasteiger partial charge in [-0.15, -0.1) is 0 Å². The van der Waals surface area contributed by atoms with E-state index in [-0.39, 0.29) is 23.8 Å². The summed E-state index contributed by atoms with van der Waals surface area (Å²) >= 11 is 0. The lowest BCUT2D eigenvalue weighted by Crippen LogP contribution is -2.29. The van der Waals surface area contributed by atoms with Crippen LogP contribution >= 0.6 is 0 Å². The average Bonchev–Trinajstić information content (AvgIpc) is 3.06. The Morgan fingerprint density at radius 1 is 0.935 bits per heavy atom. The van der Waals surface area contributed by atoms with Crippen molar-refractivity contribution in [3.05, 3.63) is 90.0 Å². The molecule has 1 heterocycles. The Morgan fingerprint density at radius 2 is 1.61 bits per heavy atom. The van der Waals surface area contributed by atoms with E-state index >= 15 is 0 Å². The van der Waals surface area contributed by atoms with Crippen LogP contribution < -0.4 is 14.4 Å². The van der Waals surface area contributed by atoms with Crippen LogP contribution in [0.1, 0.15) is 22.3 Å². The maximum absolute atomic E-state index is 12.5. The van der Waals surface area contributed by atoms with Crippen LogP contribution in [0.2, 0.25) is 0 Å². The molecule has 0 aromatic heterocycles. The molecule has 3 aromatic rings. The summed E-state index contributed by atoms with van der Waals surface area (Å²) in [5.74, 6) is -0.325. The number of sulfonamides is 1. The van der Waals surface area contributed by atoms with E-state index in [2.05, 4.69) is 5.32 Å². The smallest absolute Gasteiger partial charge is 0.255 e. The maximum atomic E-state index is 12.5. The van der Waals surface area contributed by atoms with Gasteiger partial charge in [0.25, 0.3) is 5.91 Å². The minimum absolute atomic E-state index is 0.0321. The number of ether oxygens (including phenoxy) is 1. The standard InChI is InChI=1S/C23H20N2O5S/c26-22-14-15-31(28,29)25(22)20-10-6-18(7-11-20)23(27)24-19-8-12-21(13-9-19)30-16-17-4-2-1-3-5-17/h1-13H,14-16H2,(H,24,27). The van der Waals surface area contributed by atoms with Crippen LogP contribution in [0, 0.1) is 0 Å². The molecule has 3 aromatic carbocycles. The third-order valence-electron chi connectivity index (χ3n) is 4.80. The molecule has 0 spiro atoms. The van der Waals surface area contributed by atoms with Crippen LogP contribution in [-0.4, -0.2) is 26.0 Å². The molecule has 31 heavy (non-hydrogen) atoms. The zero-order valence-electron chi connectivity index (χ0n) is 16.5. The van der Waals surface area contributed by atoms with Crippen molar-refractivity contribution < 1.29 is 22.7 Å². The molecule has 1 aliphatic heterocycles. The van der Waals surface area contributed by atoms with Gasteiger partial charge in [0.1, 0.15) is 12.4 Å². The summed E-state index contributed by atoms with van der Waals surface area (Å²) in [5, 5.41) is 2.78. The first-order valence-corrected chi connectivity index (χ1v) is 11.3. The van der Waals surface area contributed by atoms with Gasteiger partial charge in [0.05, 0.1) is 11.4 Å². The number of carbonyl (C=O) groups is 2. The fourth-order valence-electron chi connectivity index (χ4n) is 3.20. The lowest BCUT2D eigenvalue weighted by molar-refractivity contribution is -0.116. The number of benzene rings is 3. The van der Waals surface area contributed by atoms with Gasteiger partial charge in [0.2, 0.25) is 15.9 Å². The molecule has 0 atom stereocenters. The number of anilines is 2. The van der Waals surface area contributed by atoms with E-state index < -0.39 is 15.9 Å². The summed E-state index contributed by atoms with van der Waals surface area (Å²) in [7, 11) is -3.63. The van der Waals surface area contributed by atoms with Crippen molar-refractivity contribution in [3.63, 3.8) is 0 Å². The number of amides is 2. The predicted molar refractivity (Wildman–Crippen MR) is 118 cm³/mol. The number of rotatable bonds is 6. The van der Waals surface area contributed by atoms with E-state index in [1.807, 2.05) is 30.3 Å². The van der Waals surface area contributed by atoms with Gasteiger partial charge in [-0.2, -0.15) is 0 Å². The summed E-state index contributed by atoms with van der Waals surface area (Å²) in [4.78, 5) is 24.4. The molecule has 0 saturated carbocycles. The number of nitrogens with zero attached hydrogens (tertiary/aromatic N) is 1. The van der Waals surface area contributed by atoms with Gasteiger partial charge in [-0.1, -0.05) is 30.3 Å². The van der Waals surface area contributed by atoms with Crippen LogP contribution in [0.5, 0.6) is 5.75 Å². The van der Waals surface area contributed by atoms with Crippen LogP contribution in [0.25, 0.3) is 0 Å². The molecule has 0 aliphatic carbocycles. The average molecular weight is 436 g/mol. The Labute approximate surface area is 180 Å². The highest BCUT2D eigenvalue weighted by Crippen LogP contribution is 2.25. The Balaban J connectivity index is 1.37. The molecule has 7 nitrogen and oxygen atoms in total. The van der Waals surface area contributed by atoms with Crippen molar-refractivity contribution in [2.24, 2.45) is 0 Å². The Bertz CT molecular complexity index is 1190. The lowest BCUT2D eigenvalue weighted by Gasteiger charge is -2.15. The second-order valence-electron chi connectivity index (χ2n) is 7.02. The summed E-state index contributed by atoms with van der Waals surface area (Å²) in [6, 6.07) is 22.7. The highest BCUT2D eigenvalue weighted by Gasteiger charge is 2.36. The molecule has 1 N–H and O–H groups in total. The maximum Gasteiger partial charge on any atom is 0.255 e. The number of hydrogen-bond donors (Lipinski definition) is 1. The van der Waals surface area contributed by atoms with Gasteiger partial charge in [-0.3, -0.25) is 9.59 Å². The number of hydrogen-bond acceptors (Lipinski definition) is 5. The van der Waals surface area contributed by atoms with Crippen LogP contribution in [0.15, 0.2) is 78.9 Å². The number of nitrogens with one attached hydrogen (secondary N) is 1. The minimum Gasteiger partial charge on any atom is -0.489 e. The van der Waals surface area contributed by atoms with Gasteiger partial charge in [-0.05, 0) is 54.1 Å². The van der Waals surface area contributed by atoms with Crippen molar-refractivity contribution >= 4 is 33.2 Å². The molecule has 2 amide bonds. The first-order valence-electron chi connectivity index (χ1n) is 9.66. The minimum atomic E-state index is -3.63. The highest BCUT2D eigenvalue weighted by molar-refractivity contribution is 7.94. The molecule has 0 bridgehead atoms. The Hall–Kier alpha value is -3.65. The molecule has 1 aliphatic rings. The highest BCUT2D eigenvalue weighted by atomic mass is 32.2. The van der Waals surface area contributed by atoms with Gasteiger partial charge in [-0.25, -0.2) is 12.7 Å². The van der Waals surface area contributed by atoms with Gasteiger partial charge in [0.15, 0.2) is 0 Å². The third-order valence-corrected chi connectivity index (χ3v) is 6.49. The fourth-order valence-corrected chi connectivity index (χ4v) is 4.66. The van der Waals surface area contributed by atoms with E-state index in [0.717, 1.165) is 9.87 Å². The lowest BCUT2D eigenvalue weighted by atomic mass is 10.2. The SMILES string of the molecule is O=C(Nc1ccc(OCc2ccccc2)cc1)c1ccc(N2C(=O)CCS2(=O)=O)cc1. The van der Waals surface area contributed by atoms with E-state index in [0.29, 0.717) is 23.6 Å². The van der Waals surface area contributed by atoms with E-state index in [1.165, 1.54) is 24.3 Å². The third kappa shape index (κ3) is 4.75. The molecule has 1 fully saturated rings. The largest absolute Gasteiger partial charge is 0.489 e. The quantitative estimate of drug-likeness (QED) is 0.638. The van der Waals surface area contributed by atoms with Gasteiger partial charge < -0.3 is 10.1 Å². The predicted octanol–water partition coefficient (Wildman–Crippen LogP) is 3.58. The second-order valence-corrected chi connectivity index (χ2v) is 8.96. The van der Waals surface area contributed by atoms with Gasteiger partial charge in [0, 0.05) is 17.7 Å². The molecule has 1 saturated heterocycles. The van der Waals surface area contributed by atoms with Gasteiger partial charge >= 0.3 is 0 Å². The summed E-state index contributed by atoms with van der Waals surface area (Å²) in [6.45, 7) is 0.453. The zero-order valence-corrected chi connectivity index (χ0v) is 17.3. The first kappa shape index (κ1) is 20.6. The van der Waals surface area contributed by atoms with E-state index in [4.69, 9.17) is 4.74 Å². The Morgan fingerprint density at radius 3 is 2.23 bits per heavy atom. The molecule has 0 radical (unpaired) electrons. The van der Waals surface area contributed by atoms with Crippen molar-refractivity contribution in [1.82, 2.24) is 0 Å². The molecule has 8 heteroatoms. The van der Waals surface area contributed by atoms with Crippen LogP contribution in [0.4, 0.5) is 11.4 Å². The normalized spacial score (nSPS) is 15.0. The summed E-state index contributed by atoms with van der Waals surface area (Å²) in [5.41, 5.74) is 2.24. The summed E-state index contributed by atoms with van der Waals surface area (Å²) < 4.78 is 30.5. The van der Waals surface area contributed by atoms with E-state index in [1.54, 1.807) is 24.3 Å². The van der Waals surface area contributed by atoms with Crippen LogP contribution in [0.3, 0.4) is 0 Å². The van der Waals surface area contributed by atoms with Crippen molar-refractivity contribution in [2.45, 2.75) is 13.0 Å². The summed E-state index contributed by atoms with van der Waals surface area (Å²) in [6.07, 6.45) is -0.0321.